The third kappa shape index (κ3) is 3.75. The molecule has 2 aromatic heterocycles. The third-order valence-corrected chi connectivity index (χ3v) is 2.40. The quantitative estimate of drug-likeness (QED) is 0.853. The van der Waals surface area contributed by atoms with Gasteiger partial charge in [-0.15, -0.1) is 0 Å². The van der Waals surface area contributed by atoms with Gasteiger partial charge >= 0.3 is 0 Å². The SMILES string of the molecule is O=C(CCc1cccnc1)NCc1ccco1. The highest BCUT2D eigenvalue weighted by molar-refractivity contribution is 5.76. The standard InChI is InChI=1S/C13H14N2O2/c16-13(15-10-12-4-2-8-17-12)6-5-11-3-1-7-14-9-11/h1-4,7-9H,5-6,10H2,(H,15,16). The first kappa shape index (κ1) is 11.4. The van der Waals surface area contributed by atoms with Crippen LogP contribution in [0.4, 0.5) is 0 Å². The molecule has 0 aliphatic carbocycles. The lowest BCUT2D eigenvalue weighted by Crippen LogP contribution is -2.22. The molecule has 0 unspecified atom stereocenters. The van der Waals surface area contributed by atoms with Crippen LogP contribution in [-0.4, -0.2) is 10.9 Å². The van der Waals surface area contributed by atoms with Crippen molar-refractivity contribution in [1.82, 2.24) is 10.3 Å². The monoisotopic (exact) mass is 230 g/mol. The van der Waals surface area contributed by atoms with Gasteiger partial charge in [-0.1, -0.05) is 6.07 Å². The summed E-state index contributed by atoms with van der Waals surface area (Å²) in [5.41, 5.74) is 1.07. The highest BCUT2D eigenvalue weighted by atomic mass is 16.3. The van der Waals surface area contributed by atoms with Gasteiger partial charge in [0.2, 0.25) is 5.91 Å². The van der Waals surface area contributed by atoms with Gasteiger partial charge in [0.25, 0.3) is 0 Å². The summed E-state index contributed by atoms with van der Waals surface area (Å²) in [6.07, 6.45) is 6.27. The summed E-state index contributed by atoms with van der Waals surface area (Å²) >= 11 is 0. The molecule has 88 valence electrons. The molecule has 0 saturated carbocycles. The Morgan fingerprint density at radius 3 is 3.00 bits per heavy atom. The fraction of sp³-hybridized carbons (Fsp3) is 0.231. The van der Waals surface area contributed by atoms with Crippen LogP contribution in [0.5, 0.6) is 0 Å². The Hall–Kier alpha value is -2.10. The number of nitrogens with one attached hydrogen (secondary N) is 1. The zero-order chi connectivity index (χ0) is 11.9. The lowest BCUT2D eigenvalue weighted by atomic mass is 10.1. The molecule has 2 heterocycles. The average Bonchev–Trinajstić information content (AvgIpc) is 2.88. The second-order valence-corrected chi connectivity index (χ2v) is 3.72. The summed E-state index contributed by atoms with van der Waals surface area (Å²) in [4.78, 5) is 15.5. The van der Waals surface area contributed by atoms with Crippen LogP contribution in [0.1, 0.15) is 17.7 Å². The minimum Gasteiger partial charge on any atom is -0.467 e. The van der Waals surface area contributed by atoms with Gasteiger partial charge in [-0.05, 0) is 30.2 Å². The number of carbonyl (C=O) groups is 1. The van der Waals surface area contributed by atoms with Crippen molar-refractivity contribution in [2.24, 2.45) is 0 Å². The number of rotatable bonds is 5. The predicted octanol–water partition coefficient (Wildman–Crippen LogP) is 1.92. The first-order valence-electron chi connectivity index (χ1n) is 5.52. The molecule has 4 nitrogen and oxygen atoms in total. The Kier molecular flexibility index (Phi) is 3.91. The number of aryl methyl sites for hydroxylation is 1. The van der Waals surface area contributed by atoms with Crippen LogP contribution in [0.25, 0.3) is 0 Å². The van der Waals surface area contributed by atoms with E-state index >= 15 is 0 Å². The van der Waals surface area contributed by atoms with E-state index in [1.807, 2.05) is 18.2 Å². The fourth-order valence-electron chi connectivity index (χ4n) is 1.49. The van der Waals surface area contributed by atoms with Crippen LogP contribution >= 0.6 is 0 Å². The van der Waals surface area contributed by atoms with Crippen LogP contribution in [-0.2, 0) is 17.8 Å². The van der Waals surface area contributed by atoms with Crippen LogP contribution in [0.15, 0.2) is 47.3 Å². The van der Waals surface area contributed by atoms with Gasteiger partial charge in [0.05, 0.1) is 12.8 Å². The summed E-state index contributed by atoms with van der Waals surface area (Å²) in [5, 5.41) is 2.80. The Bertz CT molecular complexity index is 452. The molecule has 2 rings (SSSR count). The largest absolute Gasteiger partial charge is 0.467 e. The smallest absolute Gasteiger partial charge is 0.220 e. The number of aromatic nitrogens is 1. The van der Waals surface area contributed by atoms with Crippen molar-refractivity contribution in [3.63, 3.8) is 0 Å². The Morgan fingerprint density at radius 2 is 2.29 bits per heavy atom. The van der Waals surface area contributed by atoms with E-state index in [0.29, 0.717) is 19.4 Å². The number of amides is 1. The first-order valence-corrected chi connectivity index (χ1v) is 5.52. The molecule has 4 heteroatoms. The Morgan fingerprint density at radius 1 is 1.35 bits per heavy atom. The Labute approximate surface area is 99.7 Å². The molecule has 0 saturated heterocycles. The Balaban J connectivity index is 1.71. The van der Waals surface area contributed by atoms with Crippen molar-refractivity contribution in [1.29, 1.82) is 0 Å². The average molecular weight is 230 g/mol. The van der Waals surface area contributed by atoms with Crippen LogP contribution < -0.4 is 5.32 Å². The molecule has 0 atom stereocenters. The molecule has 0 bridgehead atoms. The van der Waals surface area contributed by atoms with Crippen LogP contribution in [0.3, 0.4) is 0 Å². The summed E-state index contributed by atoms with van der Waals surface area (Å²) in [6, 6.07) is 7.47. The van der Waals surface area contributed by atoms with E-state index in [4.69, 9.17) is 4.42 Å². The van der Waals surface area contributed by atoms with Crippen LogP contribution in [0, 0.1) is 0 Å². The highest BCUT2D eigenvalue weighted by Crippen LogP contribution is 2.02. The first-order chi connectivity index (χ1) is 8.34. The molecule has 0 radical (unpaired) electrons. The van der Waals surface area contributed by atoms with Gasteiger partial charge in [0.15, 0.2) is 0 Å². The van der Waals surface area contributed by atoms with E-state index in [1.54, 1.807) is 24.7 Å². The minimum atomic E-state index is 0.0188. The van der Waals surface area contributed by atoms with Crippen molar-refractivity contribution < 1.29 is 9.21 Å². The third-order valence-electron chi connectivity index (χ3n) is 2.40. The maximum atomic E-state index is 11.5. The van der Waals surface area contributed by atoms with Crippen molar-refractivity contribution >= 4 is 5.91 Å². The number of hydrogen-bond acceptors (Lipinski definition) is 3. The maximum Gasteiger partial charge on any atom is 0.220 e. The van der Waals surface area contributed by atoms with E-state index in [-0.39, 0.29) is 5.91 Å². The van der Waals surface area contributed by atoms with Crippen LogP contribution in [0.2, 0.25) is 0 Å². The van der Waals surface area contributed by atoms with Crippen molar-refractivity contribution in [3.05, 3.63) is 54.2 Å². The fourth-order valence-corrected chi connectivity index (χ4v) is 1.49. The maximum absolute atomic E-state index is 11.5. The molecule has 17 heavy (non-hydrogen) atoms. The number of furan rings is 1. The van der Waals surface area contributed by atoms with Gasteiger partial charge in [0, 0.05) is 18.8 Å². The highest BCUT2D eigenvalue weighted by Gasteiger charge is 2.03. The molecule has 0 spiro atoms. The molecule has 0 aliphatic heterocycles. The zero-order valence-corrected chi connectivity index (χ0v) is 9.43. The minimum absolute atomic E-state index is 0.0188. The molecule has 0 fully saturated rings. The number of nitrogens with zero attached hydrogens (tertiary/aromatic N) is 1. The second kappa shape index (κ2) is 5.84. The molecule has 0 aromatic carbocycles. The molecule has 1 amide bonds. The lowest BCUT2D eigenvalue weighted by molar-refractivity contribution is -0.121. The van der Waals surface area contributed by atoms with E-state index in [0.717, 1.165) is 11.3 Å². The van der Waals surface area contributed by atoms with Gasteiger partial charge in [-0.25, -0.2) is 0 Å². The topological polar surface area (TPSA) is 55.1 Å². The number of hydrogen-bond donors (Lipinski definition) is 1. The normalized spacial score (nSPS) is 10.1. The van der Waals surface area contributed by atoms with E-state index in [2.05, 4.69) is 10.3 Å². The summed E-state index contributed by atoms with van der Waals surface area (Å²) in [5.74, 6) is 0.782. The molecule has 2 aromatic rings. The number of carbonyl (C=O) groups excluding carboxylic acids is 1. The predicted molar refractivity (Wildman–Crippen MR) is 63.1 cm³/mol. The zero-order valence-electron chi connectivity index (χ0n) is 9.43. The van der Waals surface area contributed by atoms with E-state index in [9.17, 15) is 4.79 Å². The molecule has 1 N–H and O–H groups in total. The van der Waals surface area contributed by atoms with Gasteiger partial charge in [0.1, 0.15) is 5.76 Å². The van der Waals surface area contributed by atoms with Crippen molar-refractivity contribution in [2.75, 3.05) is 0 Å². The van der Waals surface area contributed by atoms with E-state index < -0.39 is 0 Å². The van der Waals surface area contributed by atoms with Crippen molar-refractivity contribution in [2.45, 2.75) is 19.4 Å². The molecule has 0 aliphatic rings. The van der Waals surface area contributed by atoms with Gasteiger partial charge < -0.3 is 9.73 Å². The van der Waals surface area contributed by atoms with Gasteiger partial charge in [-0.3, -0.25) is 9.78 Å². The number of pyridine rings is 1. The molecular formula is C13H14N2O2. The summed E-state index contributed by atoms with van der Waals surface area (Å²) in [6.45, 7) is 0.443. The molecular weight excluding hydrogens is 216 g/mol. The van der Waals surface area contributed by atoms with Crippen molar-refractivity contribution in [3.8, 4) is 0 Å². The van der Waals surface area contributed by atoms with Gasteiger partial charge in [-0.2, -0.15) is 0 Å². The lowest BCUT2D eigenvalue weighted by Gasteiger charge is -2.03. The second-order valence-electron chi connectivity index (χ2n) is 3.72. The summed E-state index contributed by atoms with van der Waals surface area (Å²) in [7, 11) is 0. The van der Waals surface area contributed by atoms with E-state index in [1.165, 1.54) is 0 Å². The summed E-state index contributed by atoms with van der Waals surface area (Å²) < 4.78 is 5.12.